The third-order valence-electron chi connectivity index (χ3n) is 5.43. The van der Waals surface area contributed by atoms with E-state index in [1.54, 1.807) is 0 Å². The van der Waals surface area contributed by atoms with E-state index in [0.717, 1.165) is 12.3 Å². The number of pyridine rings is 1. The molecule has 0 fully saturated rings. The lowest BCUT2D eigenvalue weighted by Gasteiger charge is -2.37. The predicted octanol–water partition coefficient (Wildman–Crippen LogP) is 6.03. The summed E-state index contributed by atoms with van der Waals surface area (Å²) in [6.45, 7) is 2.50. The Bertz CT molecular complexity index is 1310. The van der Waals surface area contributed by atoms with E-state index in [9.17, 15) is 27.9 Å². The van der Waals surface area contributed by atoms with Crippen LogP contribution < -0.4 is 10.3 Å². The molecule has 0 aliphatic rings. The van der Waals surface area contributed by atoms with Crippen LogP contribution in [0.2, 0.25) is 10.0 Å². The maximum Gasteiger partial charge on any atom is 0.422 e. The van der Waals surface area contributed by atoms with Gasteiger partial charge in [-0.25, -0.2) is 4.79 Å². The molecule has 34 heavy (non-hydrogen) atoms. The molecule has 0 amide bonds. The summed E-state index contributed by atoms with van der Waals surface area (Å²) >= 11 is 12.2. The van der Waals surface area contributed by atoms with Crippen molar-refractivity contribution in [2.24, 2.45) is 0 Å². The first-order valence-corrected chi connectivity index (χ1v) is 10.5. The van der Waals surface area contributed by atoms with Crippen molar-refractivity contribution in [2.45, 2.75) is 31.5 Å². The number of carbonyl (C=O) groups is 1. The van der Waals surface area contributed by atoms with Crippen LogP contribution in [-0.4, -0.2) is 27.3 Å². The molecule has 0 aliphatic carbocycles. The molecule has 0 radical (unpaired) electrons. The normalized spacial score (nSPS) is 14.4. The average molecular weight is 516 g/mol. The number of aromatic amines is 1. The van der Waals surface area contributed by atoms with Gasteiger partial charge in [-0.3, -0.25) is 4.79 Å². The van der Waals surface area contributed by atoms with Crippen molar-refractivity contribution in [1.82, 2.24) is 4.98 Å². The van der Waals surface area contributed by atoms with Gasteiger partial charge in [0.1, 0.15) is 11.5 Å². The Labute approximate surface area is 201 Å². The SMILES string of the molecule is Cc1cc(C(O)(C(C)c2ccc(Oc3ccc(C(=O)O)c(Cl)c3)cc2Cl)C(F)(F)F)c[nH]c1=O. The fourth-order valence-corrected chi connectivity index (χ4v) is 4.08. The van der Waals surface area contributed by atoms with Crippen LogP contribution in [-0.2, 0) is 5.60 Å². The maximum atomic E-state index is 14.1. The van der Waals surface area contributed by atoms with Crippen molar-refractivity contribution in [3.63, 3.8) is 0 Å². The highest BCUT2D eigenvalue weighted by atomic mass is 35.5. The topological polar surface area (TPSA) is 99.6 Å². The largest absolute Gasteiger partial charge is 0.478 e. The van der Waals surface area contributed by atoms with Gasteiger partial charge in [-0.1, -0.05) is 36.2 Å². The lowest BCUT2D eigenvalue weighted by Crippen LogP contribution is -2.47. The van der Waals surface area contributed by atoms with Crippen molar-refractivity contribution in [3.8, 4) is 11.5 Å². The summed E-state index contributed by atoms with van der Waals surface area (Å²) in [5.74, 6) is -2.45. The highest BCUT2D eigenvalue weighted by Gasteiger charge is 2.59. The number of alkyl halides is 3. The van der Waals surface area contributed by atoms with Gasteiger partial charge in [0, 0.05) is 34.3 Å². The number of carboxylic acids is 1. The van der Waals surface area contributed by atoms with E-state index in [1.165, 1.54) is 50.2 Å². The summed E-state index contributed by atoms with van der Waals surface area (Å²) in [5.41, 5.74) is -4.59. The first-order chi connectivity index (χ1) is 15.8. The zero-order valence-electron chi connectivity index (χ0n) is 17.7. The summed E-state index contributed by atoms with van der Waals surface area (Å²) < 4.78 is 47.9. The van der Waals surface area contributed by atoms with Crippen LogP contribution in [0.25, 0.3) is 0 Å². The molecule has 1 aromatic heterocycles. The monoisotopic (exact) mass is 515 g/mol. The van der Waals surface area contributed by atoms with E-state index in [-0.39, 0.29) is 38.2 Å². The van der Waals surface area contributed by atoms with E-state index in [4.69, 9.17) is 33.0 Å². The molecule has 3 rings (SSSR count). The van der Waals surface area contributed by atoms with Gasteiger partial charge < -0.3 is 19.9 Å². The van der Waals surface area contributed by atoms with Gasteiger partial charge in [0.25, 0.3) is 5.56 Å². The highest BCUT2D eigenvalue weighted by molar-refractivity contribution is 6.33. The average Bonchev–Trinajstić information content (AvgIpc) is 2.73. The Morgan fingerprint density at radius 3 is 2.15 bits per heavy atom. The minimum Gasteiger partial charge on any atom is -0.478 e. The number of aryl methyl sites for hydroxylation is 1. The van der Waals surface area contributed by atoms with Gasteiger partial charge in [0.05, 0.1) is 10.6 Å². The van der Waals surface area contributed by atoms with Crippen LogP contribution in [0.3, 0.4) is 0 Å². The number of aliphatic hydroxyl groups is 1. The Morgan fingerprint density at radius 2 is 1.65 bits per heavy atom. The van der Waals surface area contributed by atoms with E-state index in [1.807, 2.05) is 0 Å². The molecule has 11 heteroatoms. The number of carboxylic acid groups (broad SMARTS) is 1. The van der Waals surface area contributed by atoms with Gasteiger partial charge in [0.2, 0.25) is 0 Å². The second-order valence-corrected chi connectivity index (χ2v) is 8.43. The van der Waals surface area contributed by atoms with Crippen molar-refractivity contribution >= 4 is 29.2 Å². The molecular weight excluding hydrogens is 498 g/mol. The summed E-state index contributed by atoms with van der Waals surface area (Å²) in [6.07, 6.45) is -4.27. The molecule has 6 nitrogen and oxygen atoms in total. The lowest BCUT2D eigenvalue weighted by molar-refractivity contribution is -0.274. The lowest BCUT2D eigenvalue weighted by atomic mass is 9.78. The molecule has 180 valence electrons. The quantitative estimate of drug-likeness (QED) is 0.372. The summed E-state index contributed by atoms with van der Waals surface area (Å²) in [6, 6.07) is 8.77. The number of rotatable bonds is 6. The van der Waals surface area contributed by atoms with Gasteiger partial charge in [0.15, 0.2) is 5.60 Å². The fourth-order valence-electron chi connectivity index (χ4n) is 3.49. The highest BCUT2D eigenvalue weighted by Crippen LogP contribution is 2.50. The number of aromatic nitrogens is 1. The number of aromatic carboxylic acids is 1. The number of halogens is 5. The second-order valence-electron chi connectivity index (χ2n) is 7.62. The molecule has 0 aliphatic heterocycles. The van der Waals surface area contributed by atoms with Crippen LogP contribution in [0.5, 0.6) is 11.5 Å². The van der Waals surface area contributed by atoms with Crippen LogP contribution in [0.15, 0.2) is 53.5 Å². The molecule has 2 atom stereocenters. The molecule has 2 aromatic carbocycles. The van der Waals surface area contributed by atoms with Crippen molar-refractivity contribution < 1.29 is 32.9 Å². The third-order valence-corrected chi connectivity index (χ3v) is 6.07. The number of nitrogens with one attached hydrogen (secondary N) is 1. The van der Waals surface area contributed by atoms with Gasteiger partial charge in [-0.05, 0) is 42.8 Å². The number of ether oxygens (including phenoxy) is 1. The Balaban J connectivity index is 1.97. The first kappa shape index (κ1) is 25.6. The molecule has 0 saturated heterocycles. The summed E-state index contributed by atoms with van der Waals surface area (Å²) in [7, 11) is 0. The minimum atomic E-state index is -5.10. The van der Waals surface area contributed by atoms with Crippen LogP contribution >= 0.6 is 23.2 Å². The number of benzene rings is 2. The molecule has 3 aromatic rings. The molecule has 0 saturated carbocycles. The van der Waals surface area contributed by atoms with Crippen molar-refractivity contribution in [1.29, 1.82) is 0 Å². The molecule has 0 spiro atoms. The fraction of sp³-hybridized carbons (Fsp3) is 0.217. The Hall–Kier alpha value is -3.01. The van der Waals surface area contributed by atoms with Gasteiger partial charge in [-0.2, -0.15) is 13.2 Å². The van der Waals surface area contributed by atoms with E-state index in [0.29, 0.717) is 0 Å². The molecular formula is C23H18Cl2F3NO5. The Kier molecular flexibility index (Phi) is 7.02. The number of H-pyrrole nitrogens is 1. The van der Waals surface area contributed by atoms with Gasteiger partial charge in [-0.15, -0.1) is 0 Å². The van der Waals surface area contributed by atoms with Crippen molar-refractivity contribution in [2.75, 3.05) is 0 Å². The third kappa shape index (κ3) is 4.77. The molecule has 1 heterocycles. The number of hydrogen-bond donors (Lipinski definition) is 3. The smallest absolute Gasteiger partial charge is 0.422 e. The van der Waals surface area contributed by atoms with Crippen molar-refractivity contribution in [3.05, 3.63) is 91.3 Å². The minimum absolute atomic E-state index is 0.00907. The molecule has 3 N–H and O–H groups in total. The summed E-state index contributed by atoms with van der Waals surface area (Å²) in [5, 5.41) is 19.8. The van der Waals surface area contributed by atoms with Gasteiger partial charge >= 0.3 is 12.1 Å². The summed E-state index contributed by atoms with van der Waals surface area (Å²) in [4.78, 5) is 24.9. The second kappa shape index (κ2) is 9.32. The molecule has 0 bridgehead atoms. The first-order valence-electron chi connectivity index (χ1n) is 9.74. The zero-order valence-corrected chi connectivity index (χ0v) is 19.2. The van der Waals surface area contributed by atoms with Crippen LogP contribution in [0.4, 0.5) is 13.2 Å². The van der Waals surface area contributed by atoms with E-state index >= 15 is 0 Å². The van der Waals surface area contributed by atoms with E-state index < -0.39 is 34.8 Å². The molecule has 2 unspecified atom stereocenters. The van der Waals surface area contributed by atoms with Crippen LogP contribution in [0, 0.1) is 6.92 Å². The zero-order chi connectivity index (χ0) is 25.4. The predicted molar refractivity (Wildman–Crippen MR) is 120 cm³/mol. The standard InChI is InChI=1S/C23H18Cl2F3NO5/c1-11-7-13(10-29-20(11)30)22(33,23(26,27)28)12(2)16-5-3-14(8-18(16)24)34-15-4-6-17(21(31)32)19(25)9-15/h3-10,12,33H,1-2H3,(H,29,30)(H,31,32). The van der Waals surface area contributed by atoms with E-state index in [2.05, 4.69) is 4.98 Å². The number of hydrogen-bond acceptors (Lipinski definition) is 4. The maximum absolute atomic E-state index is 14.1. The van der Waals surface area contributed by atoms with Crippen LogP contribution in [0.1, 0.15) is 39.9 Å². The Morgan fingerprint density at radius 1 is 1.06 bits per heavy atom.